The van der Waals surface area contributed by atoms with Crippen LogP contribution in [0.3, 0.4) is 0 Å². The van der Waals surface area contributed by atoms with Gasteiger partial charge >= 0.3 is 0 Å². The number of hydrogen-bond acceptors (Lipinski definition) is 4. The lowest BCUT2D eigenvalue weighted by Crippen LogP contribution is -2.52. The minimum absolute atomic E-state index is 0.188. The Kier molecular flexibility index (Phi) is 7.52. The van der Waals surface area contributed by atoms with Gasteiger partial charge in [0.2, 0.25) is 0 Å². The maximum Gasteiger partial charge on any atom is 0.0165 e. The molecule has 0 aliphatic carbocycles. The molecule has 2 atom stereocenters. The lowest BCUT2D eigenvalue weighted by Gasteiger charge is -2.42. The zero-order valence-electron chi connectivity index (χ0n) is 17.2. The molecular weight excluding hydrogens is 284 g/mol. The van der Waals surface area contributed by atoms with Crippen molar-refractivity contribution in [3.8, 4) is 0 Å². The van der Waals surface area contributed by atoms with E-state index in [2.05, 4.69) is 82.7 Å². The first kappa shape index (κ1) is 20.9. The van der Waals surface area contributed by atoms with Crippen molar-refractivity contribution < 1.29 is 0 Å². The third kappa shape index (κ3) is 6.69. The fraction of sp³-hybridized carbons (Fsp3) is 1.00. The van der Waals surface area contributed by atoms with Gasteiger partial charge < -0.3 is 15.1 Å². The second-order valence-corrected chi connectivity index (χ2v) is 9.11. The van der Waals surface area contributed by atoms with Crippen molar-refractivity contribution in [1.82, 2.24) is 20.0 Å². The fourth-order valence-electron chi connectivity index (χ4n) is 3.62. The Balaban J connectivity index is 2.85. The van der Waals surface area contributed by atoms with Crippen LogP contribution in [0.4, 0.5) is 0 Å². The first-order valence-electron chi connectivity index (χ1n) is 9.31. The highest BCUT2D eigenvalue weighted by atomic mass is 15.2. The lowest BCUT2D eigenvalue weighted by atomic mass is 9.92. The summed E-state index contributed by atoms with van der Waals surface area (Å²) in [4.78, 5) is 7.55. The zero-order valence-corrected chi connectivity index (χ0v) is 17.2. The molecular formula is C19H42N4. The van der Waals surface area contributed by atoms with Crippen LogP contribution in [-0.4, -0.2) is 85.2 Å². The normalized spacial score (nSPS) is 33.3. The summed E-state index contributed by atoms with van der Waals surface area (Å²) < 4.78 is 0. The second kappa shape index (κ2) is 8.28. The molecule has 4 heteroatoms. The van der Waals surface area contributed by atoms with E-state index in [9.17, 15) is 0 Å². The summed E-state index contributed by atoms with van der Waals surface area (Å²) >= 11 is 0. The highest BCUT2D eigenvalue weighted by Crippen LogP contribution is 2.22. The predicted octanol–water partition coefficient (Wildman–Crippen LogP) is 2.50. The van der Waals surface area contributed by atoms with Gasteiger partial charge in [0.1, 0.15) is 0 Å². The van der Waals surface area contributed by atoms with E-state index < -0.39 is 0 Å². The molecule has 1 aliphatic rings. The molecule has 0 aromatic rings. The molecule has 1 heterocycles. The fourth-order valence-corrected chi connectivity index (χ4v) is 3.62. The molecule has 0 saturated carbocycles. The molecule has 0 aromatic carbocycles. The molecule has 138 valence electrons. The van der Waals surface area contributed by atoms with E-state index in [4.69, 9.17) is 0 Å². The van der Waals surface area contributed by atoms with E-state index in [1.54, 1.807) is 0 Å². The van der Waals surface area contributed by atoms with Crippen molar-refractivity contribution in [2.75, 3.05) is 47.3 Å². The Morgan fingerprint density at radius 1 is 0.783 bits per heavy atom. The van der Waals surface area contributed by atoms with Gasteiger partial charge in [-0.05, 0) is 75.5 Å². The van der Waals surface area contributed by atoms with Crippen LogP contribution in [0.1, 0.15) is 54.4 Å². The summed E-state index contributed by atoms with van der Waals surface area (Å²) in [7, 11) is 6.81. The Labute approximate surface area is 145 Å². The topological polar surface area (TPSA) is 21.8 Å². The van der Waals surface area contributed by atoms with Crippen molar-refractivity contribution >= 4 is 0 Å². The molecule has 4 nitrogen and oxygen atoms in total. The van der Waals surface area contributed by atoms with Gasteiger partial charge in [-0.1, -0.05) is 0 Å². The average Bonchev–Trinajstić information content (AvgIpc) is 2.41. The molecule has 1 saturated heterocycles. The second-order valence-electron chi connectivity index (χ2n) is 9.11. The monoisotopic (exact) mass is 326 g/mol. The van der Waals surface area contributed by atoms with Crippen molar-refractivity contribution in [3.63, 3.8) is 0 Å². The molecule has 0 amide bonds. The number of likely N-dealkylation sites (N-methyl/N-ethyl adjacent to an activating group) is 3. The summed E-state index contributed by atoms with van der Waals surface area (Å²) in [6, 6.07) is 1.19. The number of rotatable bonds is 0. The number of nitrogens with one attached hydrogen (secondary N) is 1. The van der Waals surface area contributed by atoms with Gasteiger partial charge in [0.15, 0.2) is 0 Å². The Morgan fingerprint density at radius 2 is 1.30 bits per heavy atom. The molecule has 0 bridgehead atoms. The van der Waals surface area contributed by atoms with Crippen LogP contribution in [0.15, 0.2) is 0 Å². The molecule has 1 rings (SSSR count). The van der Waals surface area contributed by atoms with Crippen molar-refractivity contribution in [2.45, 2.75) is 77.5 Å². The van der Waals surface area contributed by atoms with Gasteiger partial charge in [-0.25, -0.2) is 0 Å². The van der Waals surface area contributed by atoms with Crippen molar-refractivity contribution in [2.24, 2.45) is 0 Å². The summed E-state index contributed by atoms with van der Waals surface area (Å²) in [5, 5.41) is 3.77. The summed E-state index contributed by atoms with van der Waals surface area (Å²) in [5.74, 6) is 0. The molecule has 23 heavy (non-hydrogen) atoms. The molecule has 0 aromatic heterocycles. The first-order chi connectivity index (χ1) is 10.4. The maximum atomic E-state index is 3.77. The largest absolute Gasteiger partial charge is 0.310 e. The van der Waals surface area contributed by atoms with Crippen LogP contribution >= 0.6 is 0 Å². The smallest absolute Gasteiger partial charge is 0.0165 e. The van der Waals surface area contributed by atoms with Gasteiger partial charge in [0.05, 0.1) is 0 Å². The van der Waals surface area contributed by atoms with Gasteiger partial charge in [-0.2, -0.15) is 0 Å². The minimum atomic E-state index is 0.188. The molecule has 0 radical (unpaired) electrons. The quantitative estimate of drug-likeness (QED) is 0.738. The Hall–Kier alpha value is -0.160. The molecule has 0 unspecified atom stereocenters. The predicted molar refractivity (Wildman–Crippen MR) is 102 cm³/mol. The van der Waals surface area contributed by atoms with Crippen LogP contribution in [0.2, 0.25) is 0 Å². The van der Waals surface area contributed by atoms with E-state index in [0.29, 0.717) is 12.1 Å². The SMILES string of the molecule is C[C@H]1CC(C)(C)NCCN(C)[C@@H](C)CC(C)(C)N(C)CCN1C. The van der Waals surface area contributed by atoms with Gasteiger partial charge in [-0.3, -0.25) is 4.90 Å². The molecule has 1 N–H and O–H groups in total. The van der Waals surface area contributed by atoms with E-state index in [0.717, 1.165) is 26.2 Å². The summed E-state index contributed by atoms with van der Waals surface area (Å²) in [5.41, 5.74) is 0.418. The summed E-state index contributed by atoms with van der Waals surface area (Å²) in [6.45, 7) is 18.6. The van der Waals surface area contributed by atoms with E-state index >= 15 is 0 Å². The van der Waals surface area contributed by atoms with E-state index in [1.165, 1.54) is 12.8 Å². The van der Waals surface area contributed by atoms with E-state index in [-0.39, 0.29) is 11.1 Å². The van der Waals surface area contributed by atoms with Gasteiger partial charge in [0.25, 0.3) is 0 Å². The third-order valence-electron chi connectivity index (χ3n) is 6.00. The minimum Gasteiger partial charge on any atom is -0.310 e. The molecule has 1 fully saturated rings. The number of nitrogens with zero attached hydrogens (tertiary/aromatic N) is 3. The molecule has 1 aliphatic heterocycles. The van der Waals surface area contributed by atoms with Crippen LogP contribution < -0.4 is 5.32 Å². The van der Waals surface area contributed by atoms with Crippen LogP contribution in [0.25, 0.3) is 0 Å². The molecule has 0 spiro atoms. The average molecular weight is 327 g/mol. The highest BCUT2D eigenvalue weighted by Gasteiger charge is 2.29. The zero-order chi connectivity index (χ0) is 17.8. The van der Waals surface area contributed by atoms with Crippen LogP contribution in [-0.2, 0) is 0 Å². The highest BCUT2D eigenvalue weighted by molar-refractivity contribution is 4.87. The van der Waals surface area contributed by atoms with Crippen LogP contribution in [0.5, 0.6) is 0 Å². The number of hydrogen-bond donors (Lipinski definition) is 1. The third-order valence-corrected chi connectivity index (χ3v) is 6.00. The summed E-state index contributed by atoms with van der Waals surface area (Å²) in [6.07, 6.45) is 2.37. The Morgan fingerprint density at radius 3 is 1.91 bits per heavy atom. The van der Waals surface area contributed by atoms with Gasteiger partial charge in [0, 0.05) is 49.3 Å². The van der Waals surface area contributed by atoms with Crippen LogP contribution in [0, 0.1) is 0 Å². The van der Waals surface area contributed by atoms with Crippen molar-refractivity contribution in [1.29, 1.82) is 0 Å². The Bertz CT molecular complexity index is 353. The first-order valence-corrected chi connectivity index (χ1v) is 9.31. The lowest BCUT2D eigenvalue weighted by molar-refractivity contribution is 0.0829. The van der Waals surface area contributed by atoms with Crippen molar-refractivity contribution in [3.05, 3.63) is 0 Å². The van der Waals surface area contributed by atoms with E-state index in [1.807, 2.05) is 0 Å². The maximum absolute atomic E-state index is 3.77. The standard InChI is InChI=1S/C19H42N4/c1-16-14-18(3,4)20-10-11-21(7)17(2)15-19(5,6)23(9)13-12-22(16)8/h16-17,20H,10-15H2,1-9H3/t16-,17-/m0/s1. The van der Waals surface area contributed by atoms with Gasteiger partial charge in [-0.15, -0.1) is 0 Å².